The second-order valence-corrected chi connectivity index (χ2v) is 6.41. The molecule has 21 heavy (non-hydrogen) atoms. The van der Waals surface area contributed by atoms with Gasteiger partial charge < -0.3 is 10.2 Å². The minimum Gasteiger partial charge on any atom is -0.317 e. The fourth-order valence-corrected chi connectivity index (χ4v) is 3.61. The van der Waals surface area contributed by atoms with Crippen LogP contribution in [-0.2, 0) is 17.6 Å². The third-order valence-electron chi connectivity index (χ3n) is 4.79. The van der Waals surface area contributed by atoms with Crippen LogP contribution in [0, 0.1) is 5.92 Å². The molecule has 1 aromatic rings. The van der Waals surface area contributed by atoms with E-state index in [1.165, 1.54) is 30.4 Å². The van der Waals surface area contributed by atoms with Crippen LogP contribution in [0.2, 0.25) is 0 Å². The summed E-state index contributed by atoms with van der Waals surface area (Å²) in [5, 5.41) is 3.43. The van der Waals surface area contributed by atoms with Crippen LogP contribution in [-0.4, -0.2) is 25.5 Å². The van der Waals surface area contributed by atoms with Gasteiger partial charge >= 0.3 is 0 Å². The highest BCUT2D eigenvalue weighted by Gasteiger charge is 2.24. The van der Waals surface area contributed by atoms with Gasteiger partial charge in [-0.1, -0.05) is 19.1 Å². The lowest BCUT2D eigenvalue weighted by Gasteiger charge is -2.23. The SMILES string of the molecule is CCCC(=O)N1CCc2cc(CC3CCNCC3)ccc21. The van der Waals surface area contributed by atoms with Crippen LogP contribution >= 0.6 is 0 Å². The van der Waals surface area contributed by atoms with Crippen molar-refractivity contribution in [3.8, 4) is 0 Å². The number of hydrogen-bond acceptors (Lipinski definition) is 2. The predicted octanol–water partition coefficient (Wildman–Crippen LogP) is 2.92. The van der Waals surface area contributed by atoms with Gasteiger partial charge in [-0.3, -0.25) is 4.79 Å². The fourth-order valence-electron chi connectivity index (χ4n) is 3.61. The molecule has 3 rings (SSSR count). The molecule has 2 aliphatic heterocycles. The van der Waals surface area contributed by atoms with E-state index in [0.29, 0.717) is 6.42 Å². The van der Waals surface area contributed by atoms with Crippen molar-refractivity contribution in [3.63, 3.8) is 0 Å². The summed E-state index contributed by atoms with van der Waals surface area (Å²) in [6.45, 7) is 5.26. The second-order valence-electron chi connectivity index (χ2n) is 6.41. The number of hydrogen-bond donors (Lipinski definition) is 1. The van der Waals surface area contributed by atoms with Crippen LogP contribution in [0.5, 0.6) is 0 Å². The minimum atomic E-state index is 0.280. The Balaban J connectivity index is 1.69. The molecule has 1 N–H and O–H groups in total. The maximum absolute atomic E-state index is 12.1. The Bertz CT molecular complexity index is 506. The Labute approximate surface area is 127 Å². The first-order chi connectivity index (χ1) is 10.3. The molecule has 0 bridgehead atoms. The second kappa shape index (κ2) is 6.61. The molecule has 2 aliphatic rings. The van der Waals surface area contributed by atoms with Crippen LogP contribution in [0.3, 0.4) is 0 Å². The van der Waals surface area contributed by atoms with E-state index >= 15 is 0 Å². The first-order valence-corrected chi connectivity index (χ1v) is 8.41. The Hall–Kier alpha value is -1.35. The van der Waals surface area contributed by atoms with E-state index in [2.05, 4.69) is 30.4 Å². The highest BCUT2D eigenvalue weighted by Crippen LogP contribution is 2.31. The molecule has 0 aromatic heterocycles. The number of nitrogens with zero attached hydrogens (tertiary/aromatic N) is 1. The number of rotatable bonds is 4. The molecule has 114 valence electrons. The first-order valence-electron chi connectivity index (χ1n) is 8.41. The zero-order valence-electron chi connectivity index (χ0n) is 13.0. The molecule has 1 aromatic carbocycles. The number of carbonyl (C=O) groups is 1. The Morgan fingerprint density at radius 3 is 2.90 bits per heavy atom. The van der Waals surface area contributed by atoms with Gasteiger partial charge in [-0.25, -0.2) is 0 Å². The van der Waals surface area contributed by atoms with E-state index in [-0.39, 0.29) is 5.91 Å². The Morgan fingerprint density at radius 2 is 2.14 bits per heavy atom. The van der Waals surface area contributed by atoms with Gasteiger partial charge in [0.15, 0.2) is 0 Å². The van der Waals surface area contributed by atoms with Gasteiger partial charge in [-0.2, -0.15) is 0 Å². The molecule has 0 unspecified atom stereocenters. The van der Waals surface area contributed by atoms with Crippen molar-refractivity contribution in [3.05, 3.63) is 29.3 Å². The van der Waals surface area contributed by atoms with Crippen molar-refractivity contribution in [2.45, 2.75) is 45.4 Å². The van der Waals surface area contributed by atoms with Crippen LogP contribution in [0.1, 0.15) is 43.7 Å². The number of anilines is 1. The standard InChI is InChI=1S/C18H26N2O/c1-2-3-18(21)20-11-8-16-13-15(4-5-17(16)20)12-14-6-9-19-10-7-14/h4-5,13-14,19H,2-3,6-12H2,1H3. The molecule has 0 aliphatic carbocycles. The summed E-state index contributed by atoms with van der Waals surface area (Å²) < 4.78 is 0. The summed E-state index contributed by atoms with van der Waals surface area (Å²) in [5.41, 5.74) is 3.97. The summed E-state index contributed by atoms with van der Waals surface area (Å²) >= 11 is 0. The molecule has 1 amide bonds. The molecule has 1 fully saturated rings. The quantitative estimate of drug-likeness (QED) is 0.923. The van der Waals surface area contributed by atoms with E-state index in [1.807, 2.05) is 4.90 Å². The number of piperidine rings is 1. The normalized spacial score (nSPS) is 18.8. The summed E-state index contributed by atoms with van der Waals surface area (Å²) in [4.78, 5) is 14.1. The lowest BCUT2D eigenvalue weighted by molar-refractivity contribution is -0.118. The van der Waals surface area contributed by atoms with Crippen LogP contribution in [0.4, 0.5) is 5.69 Å². The number of nitrogens with one attached hydrogen (secondary N) is 1. The van der Waals surface area contributed by atoms with Gasteiger partial charge in [-0.05, 0) is 68.3 Å². The van der Waals surface area contributed by atoms with E-state index in [1.54, 1.807) is 0 Å². The van der Waals surface area contributed by atoms with E-state index in [4.69, 9.17) is 0 Å². The Morgan fingerprint density at radius 1 is 1.33 bits per heavy atom. The average molecular weight is 286 g/mol. The highest BCUT2D eigenvalue weighted by molar-refractivity contribution is 5.95. The van der Waals surface area contributed by atoms with Crippen molar-refractivity contribution < 1.29 is 4.79 Å². The molecular weight excluding hydrogens is 260 g/mol. The zero-order valence-corrected chi connectivity index (χ0v) is 13.0. The predicted molar refractivity (Wildman–Crippen MR) is 86.7 cm³/mol. The van der Waals surface area contributed by atoms with Crippen molar-refractivity contribution in [2.24, 2.45) is 5.92 Å². The van der Waals surface area contributed by atoms with Gasteiger partial charge in [0.1, 0.15) is 0 Å². The topological polar surface area (TPSA) is 32.3 Å². The lowest BCUT2D eigenvalue weighted by Crippen LogP contribution is -2.28. The fraction of sp³-hybridized carbons (Fsp3) is 0.611. The smallest absolute Gasteiger partial charge is 0.226 e. The first kappa shape index (κ1) is 14.6. The maximum atomic E-state index is 12.1. The third-order valence-corrected chi connectivity index (χ3v) is 4.79. The molecule has 0 spiro atoms. The van der Waals surface area contributed by atoms with E-state index in [0.717, 1.165) is 44.1 Å². The summed E-state index contributed by atoms with van der Waals surface area (Å²) in [7, 11) is 0. The van der Waals surface area contributed by atoms with Crippen molar-refractivity contribution in [1.82, 2.24) is 5.32 Å². The van der Waals surface area contributed by atoms with Gasteiger partial charge in [-0.15, -0.1) is 0 Å². The van der Waals surface area contributed by atoms with Gasteiger partial charge in [0, 0.05) is 18.7 Å². The van der Waals surface area contributed by atoms with Crippen molar-refractivity contribution >= 4 is 11.6 Å². The monoisotopic (exact) mass is 286 g/mol. The summed E-state index contributed by atoms with van der Waals surface area (Å²) in [6, 6.07) is 6.75. The maximum Gasteiger partial charge on any atom is 0.226 e. The molecule has 0 radical (unpaired) electrons. The number of carbonyl (C=O) groups excluding carboxylic acids is 1. The summed E-state index contributed by atoms with van der Waals surface area (Å²) in [6.07, 6.45) is 6.38. The molecule has 3 nitrogen and oxygen atoms in total. The number of benzene rings is 1. The number of amides is 1. The van der Waals surface area contributed by atoms with Crippen LogP contribution in [0.15, 0.2) is 18.2 Å². The summed E-state index contributed by atoms with van der Waals surface area (Å²) in [5.74, 6) is 1.10. The molecular formula is C18H26N2O. The molecule has 3 heteroatoms. The van der Waals surface area contributed by atoms with Crippen molar-refractivity contribution in [1.29, 1.82) is 0 Å². The highest BCUT2D eigenvalue weighted by atomic mass is 16.2. The van der Waals surface area contributed by atoms with E-state index < -0.39 is 0 Å². The molecule has 0 atom stereocenters. The van der Waals surface area contributed by atoms with Crippen molar-refractivity contribution in [2.75, 3.05) is 24.5 Å². The van der Waals surface area contributed by atoms with Crippen LogP contribution in [0.25, 0.3) is 0 Å². The van der Waals surface area contributed by atoms with Gasteiger partial charge in [0.05, 0.1) is 0 Å². The molecule has 2 heterocycles. The van der Waals surface area contributed by atoms with Gasteiger partial charge in [0.2, 0.25) is 5.91 Å². The van der Waals surface area contributed by atoms with Crippen LogP contribution < -0.4 is 10.2 Å². The molecule has 0 saturated carbocycles. The largest absolute Gasteiger partial charge is 0.317 e. The van der Waals surface area contributed by atoms with Gasteiger partial charge in [0.25, 0.3) is 0 Å². The lowest BCUT2D eigenvalue weighted by atomic mass is 9.90. The number of fused-ring (bicyclic) bond motifs is 1. The zero-order chi connectivity index (χ0) is 14.7. The average Bonchev–Trinajstić information content (AvgIpc) is 2.92. The minimum absolute atomic E-state index is 0.280. The third kappa shape index (κ3) is 3.29. The Kier molecular flexibility index (Phi) is 4.59. The molecule has 1 saturated heterocycles. The van der Waals surface area contributed by atoms with E-state index in [9.17, 15) is 4.79 Å².